The summed E-state index contributed by atoms with van der Waals surface area (Å²) < 4.78 is 0. The second-order valence-corrected chi connectivity index (χ2v) is 7.79. The van der Waals surface area contributed by atoms with Gasteiger partial charge in [-0.2, -0.15) is 5.57 Å². The van der Waals surface area contributed by atoms with Gasteiger partial charge in [-0.25, -0.2) is 16.8 Å². The normalized spacial score (nSPS) is 19.0. The minimum Gasteiger partial charge on any atom is -0.478 e. The van der Waals surface area contributed by atoms with E-state index in [9.17, 15) is 4.79 Å². The van der Waals surface area contributed by atoms with Gasteiger partial charge in [-0.15, -0.1) is 12.0 Å². The molecule has 0 fully saturated rings. The van der Waals surface area contributed by atoms with Crippen molar-refractivity contribution in [2.75, 3.05) is 0 Å². The maximum atomic E-state index is 10.8. The standard InChI is InChI=1S/C14H19.C11H8O2.2CH3.Ti/c1-10-11-6-2-4-8-13(11)14-9-5-3-7-12(10)14;12-11(13)10-7-3-5-8-4-1-2-6-9(8)10;;;/h6,10H,2-5,7-9H2,1H3;1-7H,(H,12,13);2*1H3;/q-1;;2*-1;+3. The van der Waals surface area contributed by atoms with E-state index in [4.69, 9.17) is 5.11 Å². The summed E-state index contributed by atoms with van der Waals surface area (Å²) in [7, 11) is 0. The van der Waals surface area contributed by atoms with Crippen molar-refractivity contribution < 1.29 is 31.6 Å². The van der Waals surface area contributed by atoms with Gasteiger partial charge in [-0.3, -0.25) is 0 Å². The largest absolute Gasteiger partial charge is 3.00 e. The van der Waals surface area contributed by atoms with E-state index in [-0.39, 0.29) is 36.6 Å². The molecule has 0 spiro atoms. The van der Waals surface area contributed by atoms with Crippen molar-refractivity contribution in [1.29, 1.82) is 0 Å². The molecule has 0 saturated heterocycles. The van der Waals surface area contributed by atoms with Crippen LogP contribution in [0.4, 0.5) is 0 Å². The van der Waals surface area contributed by atoms with Crippen molar-refractivity contribution >= 4 is 16.7 Å². The monoisotopic (exact) mass is 437 g/mol. The first-order valence-corrected chi connectivity index (χ1v) is 10.2. The minimum absolute atomic E-state index is 0. The fourth-order valence-corrected chi connectivity index (χ4v) is 4.92. The molecule has 0 heterocycles. The second-order valence-electron chi connectivity index (χ2n) is 7.79. The Kier molecular flexibility index (Phi) is 10.1. The smallest absolute Gasteiger partial charge is 0.478 e. The number of carboxylic acid groups (broad SMARTS) is 1. The molecule has 2 aromatic rings. The van der Waals surface area contributed by atoms with Crippen LogP contribution >= 0.6 is 0 Å². The first-order valence-electron chi connectivity index (χ1n) is 10.2. The molecule has 1 atom stereocenters. The van der Waals surface area contributed by atoms with Gasteiger partial charge < -0.3 is 20.0 Å². The molecule has 1 N–H and O–H groups in total. The predicted molar refractivity (Wildman–Crippen MR) is 124 cm³/mol. The quantitative estimate of drug-likeness (QED) is 0.368. The van der Waals surface area contributed by atoms with Gasteiger partial charge in [0, 0.05) is 0 Å². The number of carboxylic acids is 1. The van der Waals surface area contributed by atoms with E-state index in [1.54, 1.807) is 34.4 Å². The summed E-state index contributed by atoms with van der Waals surface area (Å²) in [4.78, 5) is 10.8. The molecule has 0 amide bonds. The zero-order valence-corrected chi connectivity index (χ0v) is 20.1. The molecule has 2 aromatic carbocycles. The fourth-order valence-electron chi connectivity index (χ4n) is 4.92. The summed E-state index contributed by atoms with van der Waals surface area (Å²) in [6.45, 7) is 2.42. The topological polar surface area (TPSA) is 37.3 Å². The zero-order valence-electron chi connectivity index (χ0n) is 18.5. The van der Waals surface area contributed by atoms with Crippen LogP contribution in [0.5, 0.6) is 0 Å². The maximum absolute atomic E-state index is 10.8. The van der Waals surface area contributed by atoms with Crippen molar-refractivity contribution in [3.05, 3.63) is 91.6 Å². The number of benzene rings is 2. The Morgan fingerprint density at radius 2 is 1.60 bits per heavy atom. The first kappa shape index (κ1) is 26.3. The summed E-state index contributed by atoms with van der Waals surface area (Å²) in [6, 6.07) is 12.7. The number of carbonyl (C=O) groups is 1. The van der Waals surface area contributed by atoms with Crippen LogP contribution in [0, 0.1) is 27.2 Å². The number of aromatic carboxylic acids is 1. The molecule has 0 bridgehead atoms. The Morgan fingerprint density at radius 3 is 2.37 bits per heavy atom. The van der Waals surface area contributed by atoms with Crippen molar-refractivity contribution in [2.24, 2.45) is 5.92 Å². The fraction of sp³-hybridized carbons (Fsp3) is 0.333. The van der Waals surface area contributed by atoms with E-state index in [0.717, 1.165) is 16.7 Å². The van der Waals surface area contributed by atoms with Crippen LogP contribution in [0.1, 0.15) is 62.2 Å². The second kappa shape index (κ2) is 11.6. The molecule has 1 radical (unpaired) electrons. The molecule has 157 valence electrons. The molecule has 0 aliphatic heterocycles. The first-order chi connectivity index (χ1) is 13.2. The Morgan fingerprint density at radius 1 is 0.933 bits per heavy atom. The number of allylic oxidation sites excluding steroid dienone is 4. The summed E-state index contributed by atoms with van der Waals surface area (Å²) in [6.07, 6.45) is 12.2. The molecular formula is C27H33O2Ti. The van der Waals surface area contributed by atoms with Crippen LogP contribution < -0.4 is 0 Å². The van der Waals surface area contributed by atoms with Gasteiger partial charge in [0.05, 0.1) is 5.56 Å². The number of fused-ring (bicyclic) bond motifs is 2. The average molecular weight is 437 g/mol. The van der Waals surface area contributed by atoms with Crippen molar-refractivity contribution in [3.8, 4) is 0 Å². The molecule has 3 heteroatoms. The molecule has 5 rings (SSSR count). The third kappa shape index (κ3) is 5.10. The third-order valence-corrected chi connectivity index (χ3v) is 6.23. The van der Waals surface area contributed by atoms with Gasteiger partial charge in [0.1, 0.15) is 0 Å². The van der Waals surface area contributed by atoms with Crippen LogP contribution in [0.3, 0.4) is 0 Å². The van der Waals surface area contributed by atoms with E-state index in [1.165, 1.54) is 44.9 Å². The van der Waals surface area contributed by atoms with E-state index >= 15 is 0 Å². The molecule has 3 aliphatic rings. The van der Waals surface area contributed by atoms with Gasteiger partial charge in [0.25, 0.3) is 0 Å². The van der Waals surface area contributed by atoms with Crippen LogP contribution in [0.15, 0.2) is 64.8 Å². The van der Waals surface area contributed by atoms with Crippen LogP contribution in [0.2, 0.25) is 0 Å². The van der Waals surface area contributed by atoms with Gasteiger partial charge in [0.2, 0.25) is 0 Å². The molecular weight excluding hydrogens is 404 g/mol. The minimum atomic E-state index is -0.878. The SMILES string of the molecule is CC1C2=C(CCC[CH-]2)C2=C1CCCC2.O=C(O)c1cccc2ccccc12.[CH3-].[CH3-].[Ti+3]. The van der Waals surface area contributed by atoms with Gasteiger partial charge >= 0.3 is 27.7 Å². The molecule has 0 saturated carbocycles. The van der Waals surface area contributed by atoms with Crippen LogP contribution in [-0.4, -0.2) is 11.1 Å². The third-order valence-electron chi connectivity index (χ3n) is 6.23. The van der Waals surface area contributed by atoms with Crippen LogP contribution in [-0.2, 0) is 21.7 Å². The van der Waals surface area contributed by atoms with Crippen molar-refractivity contribution in [3.63, 3.8) is 0 Å². The van der Waals surface area contributed by atoms with Gasteiger partial charge in [-0.1, -0.05) is 68.2 Å². The zero-order chi connectivity index (χ0) is 18.8. The Hall–Kier alpha value is -1.77. The Bertz CT molecular complexity index is 902. The van der Waals surface area contributed by atoms with E-state index in [0.29, 0.717) is 5.56 Å². The maximum Gasteiger partial charge on any atom is 3.00 e. The van der Waals surface area contributed by atoms with Gasteiger partial charge in [-0.05, 0) is 42.0 Å². The van der Waals surface area contributed by atoms with E-state index < -0.39 is 5.97 Å². The van der Waals surface area contributed by atoms with Crippen LogP contribution in [0.25, 0.3) is 10.8 Å². The number of hydrogen-bond donors (Lipinski definition) is 1. The van der Waals surface area contributed by atoms with Crippen molar-refractivity contribution in [1.82, 2.24) is 0 Å². The number of rotatable bonds is 1. The molecule has 1 unspecified atom stereocenters. The molecule has 30 heavy (non-hydrogen) atoms. The van der Waals surface area contributed by atoms with E-state index in [2.05, 4.69) is 13.3 Å². The summed E-state index contributed by atoms with van der Waals surface area (Å²) >= 11 is 0. The predicted octanol–water partition coefficient (Wildman–Crippen LogP) is 7.63. The Labute approximate surface area is 197 Å². The summed E-state index contributed by atoms with van der Waals surface area (Å²) in [5.41, 5.74) is 7.42. The van der Waals surface area contributed by atoms with Gasteiger partial charge in [0.15, 0.2) is 0 Å². The molecule has 3 aliphatic carbocycles. The molecule has 2 nitrogen and oxygen atoms in total. The average Bonchev–Trinajstić information content (AvgIpc) is 3.01. The summed E-state index contributed by atoms with van der Waals surface area (Å²) in [5, 5.41) is 10.6. The van der Waals surface area contributed by atoms with E-state index in [1.807, 2.05) is 30.3 Å². The number of hydrogen-bond acceptors (Lipinski definition) is 1. The summed E-state index contributed by atoms with van der Waals surface area (Å²) in [5.74, 6) is -0.0996. The molecule has 0 aromatic heterocycles. The Balaban J connectivity index is 0.000000274. The van der Waals surface area contributed by atoms with Crippen molar-refractivity contribution in [2.45, 2.75) is 51.9 Å².